The Hall–Kier alpha value is -3.84. The third kappa shape index (κ3) is 5.46. The number of aromatic carboxylic acids is 1. The van der Waals surface area contributed by atoms with Gasteiger partial charge in [0.15, 0.2) is 0 Å². The van der Waals surface area contributed by atoms with Crippen LogP contribution in [0, 0.1) is 0 Å². The van der Waals surface area contributed by atoms with Gasteiger partial charge in [-0.05, 0) is 46.9 Å². The molecular weight excluding hydrogens is 468 g/mol. The SMILES string of the molecule is CCCC(NC(=O)OCC1c2ccccc2-c2ccccc21)C(=O)Nc1cc(Cl)cc(C(=O)O)c1. The second-order valence-electron chi connectivity index (χ2n) is 8.33. The number of carbonyl (C=O) groups is 3. The average Bonchev–Trinajstić information content (AvgIpc) is 3.16. The summed E-state index contributed by atoms with van der Waals surface area (Å²) in [6.07, 6.45) is 0.317. The molecule has 8 heteroatoms. The Kier molecular flexibility index (Phi) is 7.36. The Morgan fingerprint density at radius 3 is 2.23 bits per heavy atom. The molecule has 0 heterocycles. The van der Waals surface area contributed by atoms with Crippen LogP contribution in [0.4, 0.5) is 10.5 Å². The minimum Gasteiger partial charge on any atom is -0.478 e. The van der Waals surface area contributed by atoms with Crippen LogP contribution in [-0.4, -0.2) is 35.7 Å². The lowest BCUT2D eigenvalue weighted by molar-refractivity contribution is -0.118. The quantitative estimate of drug-likeness (QED) is 0.375. The third-order valence-electron chi connectivity index (χ3n) is 5.94. The van der Waals surface area contributed by atoms with E-state index in [1.165, 1.54) is 18.2 Å². The average molecular weight is 493 g/mol. The molecule has 3 aromatic rings. The number of fused-ring (bicyclic) bond motifs is 3. The molecule has 0 saturated heterocycles. The first-order valence-corrected chi connectivity index (χ1v) is 11.7. The molecule has 0 spiro atoms. The van der Waals surface area contributed by atoms with Crippen LogP contribution >= 0.6 is 11.6 Å². The van der Waals surface area contributed by atoms with Crippen molar-refractivity contribution in [1.82, 2.24) is 5.32 Å². The Labute approximate surface area is 208 Å². The van der Waals surface area contributed by atoms with E-state index < -0.39 is 24.0 Å². The summed E-state index contributed by atoms with van der Waals surface area (Å²) in [6.45, 7) is 2.03. The third-order valence-corrected chi connectivity index (χ3v) is 6.16. The normalized spacial score (nSPS) is 12.9. The standard InChI is InChI=1S/C27H25ClN2O5/c1-2-7-24(25(31)29-18-13-16(26(32)33)12-17(28)14-18)30-27(34)35-15-23-21-10-5-3-8-19(21)20-9-4-6-11-22(20)23/h3-6,8-14,23-24H,2,7,15H2,1H3,(H,29,31)(H,30,34)(H,32,33). The molecule has 0 bridgehead atoms. The zero-order valence-electron chi connectivity index (χ0n) is 19.1. The molecule has 0 aromatic heterocycles. The van der Waals surface area contributed by atoms with Crippen molar-refractivity contribution in [1.29, 1.82) is 0 Å². The van der Waals surface area contributed by atoms with Gasteiger partial charge < -0.3 is 20.5 Å². The zero-order chi connectivity index (χ0) is 24.9. The highest BCUT2D eigenvalue weighted by Gasteiger charge is 2.29. The zero-order valence-corrected chi connectivity index (χ0v) is 19.8. The van der Waals surface area contributed by atoms with Gasteiger partial charge in [0.2, 0.25) is 5.91 Å². The lowest BCUT2D eigenvalue weighted by Crippen LogP contribution is -2.44. The molecule has 0 radical (unpaired) electrons. The fraction of sp³-hybridized carbons (Fsp3) is 0.222. The van der Waals surface area contributed by atoms with Gasteiger partial charge in [0, 0.05) is 16.6 Å². The van der Waals surface area contributed by atoms with E-state index in [1.807, 2.05) is 43.3 Å². The number of alkyl carbamates (subject to hydrolysis) is 1. The Morgan fingerprint density at radius 1 is 1.00 bits per heavy atom. The summed E-state index contributed by atoms with van der Waals surface area (Å²) in [6, 6.07) is 19.3. The highest BCUT2D eigenvalue weighted by atomic mass is 35.5. The molecule has 1 aliphatic rings. The Morgan fingerprint density at radius 2 is 1.63 bits per heavy atom. The molecule has 4 rings (SSSR count). The lowest BCUT2D eigenvalue weighted by atomic mass is 9.98. The smallest absolute Gasteiger partial charge is 0.407 e. The van der Waals surface area contributed by atoms with Crippen LogP contribution in [0.3, 0.4) is 0 Å². The predicted octanol–water partition coefficient (Wildman–Crippen LogP) is 5.68. The van der Waals surface area contributed by atoms with Gasteiger partial charge in [0.25, 0.3) is 0 Å². The number of ether oxygens (including phenoxy) is 1. The number of carboxylic acids is 1. The van der Waals surface area contributed by atoms with Crippen molar-refractivity contribution >= 4 is 35.3 Å². The van der Waals surface area contributed by atoms with Crippen molar-refractivity contribution in [3.05, 3.63) is 88.4 Å². The van der Waals surface area contributed by atoms with Gasteiger partial charge in [-0.25, -0.2) is 9.59 Å². The fourth-order valence-electron chi connectivity index (χ4n) is 4.35. The van der Waals surface area contributed by atoms with Gasteiger partial charge in [0.1, 0.15) is 12.6 Å². The number of anilines is 1. The molecule has 1 unspecified atom stereocenters. The second-order valence-corrected chi connectivity index (χ2v) is 8.77. The van der Waals surface area contributed by atoms with Crippen LogP contribution in [-0.2, 0) is 9.53 Å². The van der Waals surface area contributed by atoms with Crippen LogP contribution in [0.2, 0.25) is 5.02 Å². The van der Waals surface area contributed by atoms with E-state index in [-0.39, 0.29) is 28.8 Å². The van der Waals surface area contributed by atoms with Gasteiger partial charge in [-0.15, -0.1) is 0 Å². The van der Waals surface area contributed by atoms with Gasteiger partial charge in [0.05, 0.1) is 5.56 Å². The van der Waals surface area contributed by atoms with E-state index >= 15 is 0 Å². The number of carbonyl (C=O) groups excluding carboxylic acids is 2. The highest BCUT2D eigenvalue weighted by molar-refractivity contribution is 6.31. The van der Waals surface area contributed by atoms with E-state index in [0.29, 0.717) is 12.8 Å². The van der Waals surface area contributed by atoms with Crippen molar-refractivity contribution < 1.29 is 24.2 Å². The van der Waals surface area contributed by atoms with E-state index in [4.69, 9.17) is 16.3 Å². The minimum absolute atomic E-state index is 0.0515. The first kappa shape index (κ1) is 24.3. The molecule has 0 saturated carbocycles. The van der Waals surface area contributed by atoms with Gasteiger partial charge >= 0.3 is 12.1 Å². The molecule has 1 aliphatic carbocycles. The molecule has 35 heavy (non-hydrogen) atoms. The number of carboxylic acid groups (broad SMARTS) is 1. The fourth-order valence-corrected chi connectivity index (χ4v) is 4.59. The van der Waals surface area contributed by atoms with Gasteiger partial charge in [-0.2, -0.15) is 0 Å². The summed E-state index contributed by atoms with van der Waals surface area (Å²) in [4.78, 5) is 36.8. The van der Waals surface area contributed by atoms with Gasteiger partial charge in [-0.1, -0.05) is 73.5 Å². The number of benzene rings is 3. The minimum atomic E-state index is -1.16. The summed E-state index contributed by atoms with van der Waals surface area (Å²) in [5, 5.41) is 14.7. The molecule has 2 amide bonds. The number of nitrogens with one attached hydrogen (secondary N) is 2. The molecule has 0 aliphatic heterocycles. The van der Waals surface area contributed by atoms with Crippen LogP contribution in [0.5, 0.6) is 0 Å². The number of amides is 2. The van der Waals surface area contributed by atoms with Crippen molar-refractivity contribution in [2.24, 2.45) is 0 Å². The van der Waals surface area contributed by atoms with Crippen LogP contribution in [0.1, 0.15) is 47.2 Å². The first-order chi connectivity index (χ1) is 16.9. The topological polar surface area (TPSA) is 105 Å². The van der Waals surface area contributed by atoms with Crippen LogP contribution in [0.25, 0.3) is 11.1 Å². The monoisotopic (exact) mass is 492 g/mol. The van der Waals surface area contributed by atoms with Crippen molar-refractivity contribution in [2.45, 2.75) is 31.7 Å². The Balaban J connectivity index is 1.42. The van der Waals surface area contributed by atoms with E-state index in [9.17, 15) is 19.5 Å². The number of hydrogen-bond donors (Lipinski definition) is 3. The maximum atomic E-state index is 12.8. The van der Waals surface area contributed by atoms with Crippen LogP contribution < -0.4 is 10.6 Å². The van der Waals surface area contributed by atoms with Crippen molar-refractivity contribution in [2.75, 3.05) is 11.9 Å². The largest absolute Gasteiger partial charge is 0.478 e. The molecule has 7 nitrogen and oxygen atoms in total. The van der Waals surface area contributed by atoms with Gasteiger partial charge in [-0.3, -0.25) is 4.79 Å². The van der Waals surface area contributed by atoms with Crippen molar-refractivity contribution in [3.8, 4) is 11.1 Å². The number of hydrogen-bond acceptors (Lipinski definition) is 4. The molecule has 1 atom stereocenters. The first-order valence-electron chi connectivity index (χ1n) is 11.3. The van der Waals surface area contributed by atoms with Crippen LogP contribution in [0.15, 0.2) is 66.7 Å². The predicted molar refractivity (Wildman–Crippen MR) is 134 cm³/mol. The van der Waals surface area contributed by atoms with E-state index in [2.05, 4.69) is 22.8 Å². The lowest BCUT2D eigenvalue weighted by Gasteiger charge is -2.19. The van der Waals surface area contributed by atoms with E-state index in [1.54, 1.807) is 0 Å². The number of rotatable bonds is 8. The summed E-state index contributed by atoms with van der Waals surface area (Å²) in [5.41, 5.74) is 4.63. The molecular formula is C27H25ClN2O5. The molecule has 0 fully saturated rings. The summed E-state index contributed by atoms with van der Waals surface area (Å²) in [5.74, 6) is -1.74. The summed E-state index contributed by atoms with van der Waals surface area (Å²) in [7, 11) is 0. The molecule has 3 N–H and O–H groups in total. The maximum Gasteiger partial charge on any atom is 0.407 e. The second kappa shape index (κ2) is 10.6. The highest BCUT2D eigenvalue weighted by Crippen LogP contribution is 2.44. The maximum absolute atomic E-state index is 12.8. The van der Waals surface area contributed by atoms with E-state index in [0.717, 1.165) is 22.3 Å². The Bertz CT molecular complexity index is 1230. The summed E-state index contributed by atoms with van der Waals surface area (Å²) >= 11 is 5.97. The number of halogens is 1. The molecule has 3 aromatic carbocycles. The summed E-state index contributed by atoms with van der Waals surface area (Å²) < 4.78 is 5.56. The molecule has 180 valence electrons. The van der Waals surface area contributed by atoms with Crippen molar-refractivity contribution in [3.63, 3.8) is 0 Å².